The van der Waals surface area contributed by atoms with Crippen LogP contribution in [0.2, 0.25) is 0 Å². The van der Waals surface area contributed by atoms with Crippen molar-refractivity contribution in [2.24, 2.45) is 0 Å². The summed E-state index contributed by atoms with van der Waals surface area (Å²) >= 11 is 0. The van der Waals surface area contributed by atoms with E-state index in [0.717, 1.165) is 30.8 Å². The molecule has 0 aliphatic carbocycles. The first-order valence-corrected chi connectivity index (χ1v) is 6.60. The molecule has 4 nitrogen and oxygen atoms in total. The minimum Gasteiger partial charge on any atom is -0.457 e. The molecule has 0 unspecified atom stereocenters. The Hall–Kier alpha value is -1.10. The molecule has 104 valence electrons. The Kier molecular flexibility index (Phi) is 4.80. The average Bonchev–Trinajstić information content (AvgIpc) is 2.79. The second-order valence-corrected chi connectivity index (χ2v) is 4.95. The van der Waals surface area contributed by atoms with E-state index in [9.17, 15) is 4.79 Å². The van der Waals surface area contributed by atoms with Gasteiger partial charge in [0.1, 0.15) is 6.61 Å². The molecule has 2 heterocycles. The number of nitrogens with one attached hydrogen (secondary N) is 1. The monoisotopic (exact) mass is 282 g/mol. The van der Waals surface area contributed by atoms with Crippen LogP contribution in [0.3, 0.4) is 0 Å². The van der Waals surface area contributed by atoms with E-state index in [2.05, 4.69) is 16.5 Å². The number of esters is 1. The molecule has 1 fully saturated rings. The van der Waals surface area contributed by atoms with Crippen LogP contribution in [0, 0.1) is 0 Å². The highest BCUT2D eigenvalue weighted by Crippen LogP contribution is 2.21. The summed E-state index contributed by atoms with van der Waals surface area (Å²) in [4.78, 5) is 11.3. The van der Waals surface area contributed by atoms with Gasteiger partial charge in [-0.15, -0.1) is 12.4 Å². The van der Waals surface area contributed by atoms with Crippen LogP contribution in [-0.4, -0.2) is 24.1 Å². The first-order valence-electron chi connectivity index (χ1n) is 6.60. The third-order valence-corrected chi connectivity index (χ3v) is 3.61. The molecule has 0 amide bonds. The van der Waals surface area contributed by atoms with Crippen LogP contribution < -0.4 is 5.43 Å². The maximum atomic E-state index is 11.3. The number of cyclic esters (lactones) is 1. The smallest absolute Gasteiger partial charge is 0.338 e. The highest BCUT2D eigenvalue weighted by Gasteiger charge is 2.20. The maximum absolute atomic E-state index is 11.3. The lowest BCUT2D eigenvalue weighted by atomic mass is 10.1. The molecule has 0 spiro atoms. The first-order chi connectivity index (χ1) is 8.83. The summed E-state index contributed by atoms with van der Waals surface area (Å²) in [7, 11) is 0. The third-order valence-electron chi connectivity index (χ3n) is 3.61. The molecule has 2 aliphatic rings. The minimum atomic E-state index is -0.194. The molecule has 0 saturated carbocycles. The van der Waals surface area contributed by atoms with Crippen LogP contribution in [0.25, 0.3) is 0 Å². The molecule has 0 aromatic heterocycles. The lowest BCUT2D eigenvalue weighted by Crippen LogP contribution is -2.41. The summed E-state index contributed by atoms with van der Waals surface area (Å²) in [5.74, 6) is -0.194. The number of nitrogens with zero attached hydrogens (tertiary/aromatic N) is 1. The van der Waals surface area contributed by atoms with Crippen molar-refractivity contribution >= 4 is 18.4 Å². The zero-order valence-corrected chi connectivity index (χ0v) is 11.7. The summed E-state index contributed by atoms with van der Waals surface area (Å²) in [6.07, 6.45) is 3.90. The van der Waals surface area contributed by atoms with Gasteiger partial charge in [0.2, 0.25) is 0 Å². The Morgan fingerprint density at radius 3 is 2.79 bits per heavy atom. The second-order valence-electron chi connectivity index (χ2n) is 4.95. The van der Waals surface area contributed by atoms with Crippen molar-refractivity contribution < 1.29 is 9.53 Å². The van der Waals surface area contributed by atoms with Gasteiger partial charge in [0.15, 0.2) is 0 Å². The summed E-state index contributed by atoms with van der Waals surface area (Å²) < 4.78 is 5.00. The van der Waals surface area contributed by atoms with Gasteiger partial charge in [-0.25, -0.2) is 9.80 Å². The van der Waals surface area contributed by atoms with Gasteiger partial charge < -0.3 is 4.74 Å². The van der Waals surface area contributed by atoms with E-state index < -0.39 is 0 Å². The number of ether oxygens (including phenoxy) is 1. The zero-order chi connectivity index (χ0) is 12.4. The molecule has 0 radical (unpaired) electrons. The Bertz CT molecular complexity index is 459. The number of piperidine rings is 1. The Balaban J connectivity index is 0.00000133. The van der Waals surface area contributed by atoms with E-state index in [1.54, 1.807) is 0 Å². The molecule has 5 heteroatoms. The van der Waals surface area contributed by atoms with Crippen molar-refractivity contribution in [3.63, 3.8) is 0 Å². The summed E-state index contributed by atoms with van der Waals surface area (Å²) in [6, 6.07) is 5.94. The molecule has 1 N–H and O–H groups in total. The third kappa shape index (κ3) is 3.26. The Morgan fingerprint density at radius 2 is 2.00 bits per heavy atom. The van der Waals surface area contributed by atoms with E-state index >= 15 is 0 Å². The van der Waals surface area contributed by atoms with E-state index in [4.69, 9.17) is 4.74 Å². The topological polar surface area (TPSA) is 41.6 Å². The largest absolute Gasteiger partial charge is 0.457 e. The average molecular weight is 283 g/mol. The second kappa shape index (κ2) is 6.37. The van der Waals surface area contributed by atoms with E-state index in [1.807, 2.05) is 12.1 Å². The molecular formula is C14H19ClN2O2. The van der Waals surface area contributed by atoms with E-state index in [0.29, 0.717) is 6.61 Å². The molecule has 2 aliphatic heterocycles. The van der Waals surface area contributed by atoms with Crippen LogP contribution in [-0.2, 0) is 17.9 Å². The first kappa shape index (κ1) is 14.3. The molecule has 1 saturated heterocycles. The van der Waals surface area contributed by atoms with Gasteiger partial charge in [-0.05, 0) is 24.5 Å². The lowest BCUT2D eigenvalue weighted by Gasteiger charge is -2.27. The van der Waals surface area contributed by atoms with Crippen LogP contribution in [0.5, 0.6) is 0 Å². The molecule has 3 rings (SSSR count). The quantitative estimate of drug-likeness (QED) is 0.864. The number of carbonyl (C=O) groups excluding carboxylic acids is 1. The van der Waals surface area contributed by atoms with Gasteiger partial charge >= 0.3 is 5.97 Å². The fraction of sp³-hybridized carbons (Fsp3) is 0.500. The summed E-state index contributed by atoms with van der Waals surface area (Å²) in [6.45, 7) is 3.51. The summed E-state index contributed by atoms with van der Waals surface area (Å²) in [5, 5.41) is 2.29. The Morgan fingerprint density at radius 1 is 1.21 bits per heavy atom. The number of rotatable bonds is 3. The molecule has 0 atom stereocenters. The van der Waals surface area contributed by atoms with Crippen LogP contribution in [0.4, 0.5) is 0 Å². The number of hydrogen-bond donors (Lipinski definition) is 1. The van der Waals surface area contributed by atoms with Crippen molar-refractivity contribution in [3.8, 4) is 0 Å². The number of carbonyl (C=O) groups is 1. The van der Waals surface area contributed by atoms with Gasteiger partial charge in [0, 0.05) is 25.2 Å². The van der Waals surface area contributed by atoms with Gasteiger partial charge in [0.05, 0.1) is 5.56 Å². The Labute approximate surface area is 119 Å². The van der Waals surface area contributed by atoms with Gasteiger partial charge in [0.25, 0.3) is 0 Å². The number of halogens is 1. The SMILES string of the molecule is Cl.O=C1OCc2cc(CNN3CCCCC3)ccc21. The molecule has 1 aromatic carbocycles. The molecular weight excluding hydrogens is 264 g/mol. The predicted octanol–water partition coefficient (Wildman–Crippen LogP) is 2.27. The number of fused-ring (bicyclic) bond motifs is 1. The molecule has 19 heavy (non-hydrogen) atoms. The number of hydrogen-bond acceptors (Lipinski definition) is 4. The van der Waals surface area contributed by atoms with Crippen LogP contribution in [0.1, 0.15) is 40.7 Å². The van der Waals surface area contributed by atoms with Crippen molar-refractivity contribution in [1.29, 1.82) is 0 Å². The van der Waals surface area contributed by atoms with Crippen LogP contribution in [0.15, 0.2) is 18.2 Å². The fourth-order valence-electron chi connectivity index (χ4n) is 2.55. The number of hydrazine groups is 1. The number of benzene rings is 1. The van der Waals surface area contributed by atoms with Gasteiger partial charge in [-0.3, -0.25) is 5.43 Å². The van der Waals surface area contributed by atoms with Crippen molar-refractivity contribution in [2.75, 3.05) is 13.1 Å². The maximum Gasteiger partial charge on any atom is 0.338 e. The van der Waals surface area contributed by atoms with E-state index in [1.165, 1.54) is 24.8 Å². The normalized spacial score (nSPS) is 18.6. The molecule has 1 aromatic rings. The van der Waals surface area contributed by atoms with Crippen molar-refractivity contribution in [1.82, 2.24) is 10.4 Å². The lowest BCUT2D eigenvalue weighted by molar-refractivity contribution is 0.0535. The van der Waals surface area contributed by atoms with E-state index in [-0.39, 0.29) is 18.4 Å². The molecule has 0 bridgehead atoms. The highest BCUT2D eigenvalue weighted by atomic mass is 35.5. The van der Waals surface area contributed by atoms with Gasteiger partial charge in [-0.1, -0.05) is 18.6 Å². The minimum absolute atomic E-state index is 0. The zero-order valence-electron chi connectivity index (χ0n) is 10.9. The van der Waals surface area contributed by atoms with Crippen molar-refractivity contribution in [3.05, 3.63) is 34.9 Å². The standard InChI is InChI=1S/C14H18N2O2.ClH/c17-14-13-5-4-11(8-12(13)10-18-14)9-15-16-6-2-1-3-7-16;/h4-5,8,15H,1-3,6-7,9-10H2;1H. The van der Waals surface area contributed by atoms with Crippen LogP contribution >= 0.6 is 12.4 Å². The van der Waals surface area contributed by atoms with Gasteiger partial charge in [-0.2, -0.15) is 0 Å². The van der Waals surface area contributed by atoms with Crippen molar-refractivity contribution in [2.45, 2.75) is 32.4 Å². The highest BCUT2D eigenvalue weighted by molar-refractivity contribution is 5.93. The fourth-order valence-corrected chi connectivity index (χ4v) is 2.55. The predicted molar refractivity (Wildman–Crippen MR) is 75.1 cm³/mol. The summed E-state index contributed by atoms with van der Waals surface area (Å²) in [5.41, 5.74) is 6.39.